The van der Waals surface area contributed by atoms with Crippen LogP contribution in [0.15, 0.2) is 16.5 Å². The maximum Gasteiger partial charge on any atom is 3.00 e. The van der Waals surface area contributed by atoms with Crippen LogP contribution in [0.5, 0.6) is 0 Å². The molecule has 0 saturated carbocycles. The zero-order chi connectivity index (χ0) is 14.3. The van der Waals surface area contributed by atoms with Crippen molar-refractivity contribution in [2.45, 2.75) is 45.7 Å². The van der Waals surface area contributed by atoms with E-state index in [-0.39, 0.29) is 21.7 Å². The largest absolute Gasteiger partial charge is 3.00 e. The van der Waals surface area contributed by atoms with Crippen LogP contribution < -0.4 is 10.2 Å². The molecule has 0 bridgehead atoms. The summed E-state index contributed by atoms with van der Waals surface area (Å²) >= 11 is 0. The SMILES string of the molecule is C[O-].C[O-].C[Si](C)(C)C1=[C-]C([Si](C)(C)C)=CC1.[Ti+3]. The normalized spacial score (nSPS) is 14.1. The Morgan fingerprint density at radius 3 is 1.44 bits per heavy atom. The molecule has 1 aliphatic carbocycles. The zero-order valence-electron chi connectivity index (χ0n) is 13.1. The van der Waals surface area contributed by atoms with Crippen molar-refractivity contribution in [3.05, 3.63) is 22.5 Å². The molecule has 2 nitrogen and oxygen atoms in total. The molecule has 1 radical (unpaired) electrons. The first kappa shape index (κ1) is 23.6. The molecule has 0 aromatic carbocycles. The molecule has 0 fully saturated rings. The Kier molecular flexibility index (Phi) is 13.6. The third-order valence-corrected chi connectivity index (χ3v) is 6.59. The van der Waals surface area contributed by atoms with E-state index in [0.29, 0.717) is 0 Å². The van der Waals surface area contributed by atoms with E-state index in [1.54, 1.807) is 10.4 Å². The second kappa shape index (κ2) is 10.3. The van der Waals surface area contributed by atoms with Crippen molar-refractivity contribution >= 4 is 16.1 Å². The Hall–Kier alpha value is 0.548. The van der Waals surface area contributed by atoms with Gasteiger partial charge >= 0.3 is 21.7 Å². The second-order valence-corrected chi connectivity index (χ2v) is 16.1. The van der Waals surface area contributed by atoms with Gasteiger partial charge in [0.1, 0.15) is 0 Å². The molecular formula is C13H27O2Si2Ti. The summed E-state index contributed by atoms with van der Waals surface area (Å²) in [6.45, 7) is 14.4. The predicted octanol–water partition coefficient (Wildman–Crippen LogP) is 1.75. The molecule has 0 unspecified atom stereocenters. The van der Waals surface area contributed by atoms with Crippen LogP contribution in [0, 0.1) is 6.08 Å². The quantitative estimate of drug-likeness (QED) is 0.575. The van der Waals surface area contributed by atoms with Crippen molar-refractivity contribution in [3.63, 3.8) is 0 Å². The van der Waals surface area contributed by atoms with Crippen molar-refractivity contribution < 1.29 is 31.9 Å². The van der Waals surface area contributed by atoms with Gasteiger partial charge in [0.25, 0.3) is 0 Å². The zero-order valence-corrected chi connectivity index (χ0v) is 16.7. The van der Waals surface area contributed by atoms with Crippen LogP contribution in [-0.2, 0) is 21.7 Å². The third-order valence-electron chi connectivity index (χ3n) is 2.51. The molecule has 0 saturated heterocycles. The molecule has 103 valence electrons. The molecule has 0 aromatic rings. The number of allylic oxidation sites excluding steroid dienone is 4. The summed E-state index contributed by atoms with van der Waals surface area (Å²) in [5.41, 5.74) is 0. The van der Waals surface area contributed by atoms with Crippen molar-refractivity contribution in [1.82, 2.24) is 0 Å². The summed E-state index contributed by atoms with van der Waals surface area (Å²) < 4.78 is 0. The average Bonchev–Trinajstić information content (AvgIpc) is 2.71. The first-order valence-electron chi connectivity index (χ1n) is 5.87. The molecule has 1 rings (SSSR count). The summed E-state index contributed by atoms with van der Waals surface area (Å²) in [7, 11) is -0.662. The number of hydrogen-bond acceptors (Lipinski definition) is 2. The summed E-state index contributed by atoms with van der Waals surface area (Å²) in [4.78, 5) is 0. The molecule has 0 spiro atoms. The first-order valence-corrected chi connectivity index (χ1v) is 12.9. The minimum Gasteiger partial charge on any atom is -0.857 e. The summed E-state index contributed by atoms with van der Waals surface area (Å²) in [5, 5.41) is 19.7. The molecule has 5 heteroatoms. The maximum atomic E-state index is 8.25. The van der Waals surface area contributed by atoms with E-state index in [1.165, 1.54) is 6.42 Å². The molecular weight excluding hydrogens is 292 g/mol. The van der Waals surface area contributed by atoms with E-state index in [1.807, 2.05) is 0 Å². The van der Waals surface area contributed by atoms with Crippen LogP contribution in [0.1, 0.15) is 6.42 Å². The summed E-state index contributed by atoms with van der Waals surface area (Å²) in [6.07, 6.45) is 7.28. The molecule has 0 heterocycles. The van der Waals surface area contributed by atoms with Crippen LogP contribution in [0.3, 0.4) is 0 Å². The molecule has 18 heavy (non-hydrogen) atoms. The van der Waals surface area contributed by atoms with Gasteiger partial charge in [-0.15, -0.1) is 6.42 Å². The Bertz CT molecular complexity index is 274. The maximum absolute atomic E-state index is 8.25. The Balaban J connectivity index is -0.000000409. The fourth-order valence-corrected chi connectivity index (χ4v) is 4.05. The van der Waals surface area contributed by atoms with Gasteiger partial charge in [0.15, 0.2) is 0 Å². The van der Waals surface area contributed by atoms with E-state index < -0.39 is 16.1 Å². The van der Waals surface area contributed by atoms with E-state index in [2.05, 4.69) is 51.4 Å². The van der Waals surface area contributed by atoms with Crippen LogP contribution in [0.2, 0.25) is 39.3 Å². The molecule has 0 atom stereocenters. The minimum atomic E-state index is -1.09. The van der Waals surface area contributed by atoms with Gasteiger partial charge in [-0.3, -0.25) is 6.08 Å². The van der Waals surface area contributed by atoms with Crippen molar-refractivity contribution in [2.75, 3.05) is 14.2 Å². The van der Waals surface area contributed by atoms with Crippen molar-refractivity contribution in [3.8, 4) is 0 Å². The van der Waals surface area contributed by atoms with Crippen LogP contribution >= 0.6 is 0 Å². The summed E-state index contributed by atoms with van der Waals surface area (Å²) in [5.74, 6) is 0. The van der Waals surface area contributed by atoms with Crippen LogP contribution in [0.4, 0.5) is 0 Å². The van der Waals surface area contributed by atoms with Gasteiger partial charge in [0.2, 0.25) is 0 Å². The topological polar surface area (TPSA) is 46.1 Å². The molecule has 0 N–H and O–H groups in total. The second-order valence-electron chi connectivity index (χ2n) is 5.93. The van der Waals surface area contributed by atoms with E-state index in [9.17, 15) is 0 Å². The van der Waals surface area contributed by atoms with Gasteiger partial charge in [-0.05, 0) is 0 Å². The van der Waals surface area contributed by atoms with Crippen LogP contribution in [0.25, 0.3) is 0 Å². The third kappa shape index (κ3) is 8.62. The van der Waals surface area contributed by atoms with Crippen LogP contribution in [-0.4, -0.2) is 30.4 Å². The minimum absolute atomic E-state index is 0. The molecule has 0 aliphatic heterocycles. The standard InChI is InChI=1S/C11H21Si2.2CH3O.Ti/c1-12(2,3)10-7-8-11(9-10)13(4,5)6;2*1-2;/h7H,8H2,1-6H3;2*1H3;/q3*-1;+3. The fraction of sp³-hybridized carbons (Fsp3) is 0.692. The van der Waals surface area contributed by atoms with Crippen molar-refractivity contribution in [2.24, 2.45) is 0 Å². The van der Waals surface area contributed by atoms with Crippen molar-refractivity contribution in [1.29, 1.82) is 0 Å². The summed E-state index contributed by atoms with van der Waals surface area (Å²) in [6, 6.07) is 0. The van der Waals surface area contributed by atoms with Gasteiger partial charge in [-0.2, -0.15) is 19.4 Å². The Morgan fingerprint density at radius 1 is 0.889 bits per heavy atom. The number of rotatable bonds is 2. The smallest absolute Gasteiger partial charge is 0.857 e. The number of hydrogen-bond donors (Lipinski definition) is 0. The molecule has 0 aromatic heterocycles. The molecule has 1 aliphatic rings. The molecule has 0 amide bonds. The Labute approximate surface area is 130 Å². The van der Waals surface area contributed by atoms with Gasteiger partial charge < -0.3 is 10.2 Å². The Morgan fingerprint density at radius 2 is 1.28 bits per heavy atom. The van der Waals surface area contributed by atoms with Gasteiger partial charge in [-0.25, -0.2) is 11.3 Å². The van der Waals surface area contributed by atoms with Gasteiger partial charge in [-0.1, -0.05) is 39.3 Å². The average molecular weight is 319 g/mol. The van der Waals surface area contributed by atoms with E-state index in [4.69, 9.17) is 10.2 Å². The van der Waals surface area contributed by atoms with Gasteiger partial charge in [0, 0.05) is 8.07 Å². The first-order chi connectivity index (χ1) is 7.71. The van der Waals surface area contributed by atoms with Gasteiger partial charge in [0.05, 0.1) is 8.07 Å². The van der Waals surface area contributed by atoms with E-state index in [0.717, 1.165) is 14.2 Å². The monoisotopic (exact) mass is 319 g/mol. The predicted molar refractivity (Wildman–Crippen MR) is 78.0 cm³/mol. The van der Waals surface area contributed by atoms with E-state index >= 15 is 0 Å². The fourth-order valence-electron chi connectivity index (χ4n) is 1.46.